The van der Waals surface area contributed by atoms with Gasteiger partial charge >= 0.3 is 0 Å². The molecule has 0 bridgehead atoms. The molecular formula is C17H17N3O3. The molecule has 1 amide bonds. The van der Waals surface area contributed by atoms with Crippen LogP contribution in [0.1, 0.15) is 30.1 Å². The van der Waals surface area contributed by atoms with E-state index in [4.69, 9.17) is 9.15 Å². The number of hydrogen-bond donors (Lipinski definition) is 1. The molecule has 3 aromatic rings. The van der Waals surface area contributed by atoms with Crippen molar-refractivity contribution in [1.82, 2.24) is 9.97 Å². The minimum absolute atomic E-state index is 0.0410. The number of aryl methyl sites for hydroxylation is 1. The predicted octanol–water partition coefficient (Wildman–Crippen LogP) is 3.57. The number of nitrogens with one attached hydrogen (secondary N) is 1. The number of fused-ring (bicyclic) bond motifs is 1. The van der Waals surface area contributed by atoms with E-state index in [0.717, 1.165) is 5.52 Å². The molecule has 2 aromatic heterocycles. The number of amides is 1. The van der Waals surface area contributed by atoms with E-state index in [2.05, 4.69) is 15.3 Å². The summed E-state index contributed by atoms with van der Waals surface area (Å²) in [7, 11) is 0. The molecule has 0 saturated heterocycles. The van der Waals surface area contributed by atoms with Gasteiger partial charge in [-0.05, 0) is 32.0 Å². The van der Waals surface area contributed by atoms with Gasteiger partial charge in [0.1, 0.15) is 5.52 Å². The van der Waals surface area contributed by atoms with Crippen molar-refractivity contribution < 1.29 is 13.9 Å². The van der Waals surface area contributed by atoms with Crippen LogP contribution in [0.4, 0.5) is 5.69 Å². The largest absolute Gasteiger partial charge is 0.475 e. The number of benzene rings is 1. The number of anilines is 1. The molecule has 0 atom stereocenters. The second-order valence-electron chi connectivity index (χ2n) is 5.42. The van der Waals surface area contributed by atoms with E-state index in [1.54, 1.807) is 37.3 Å². The Balaban J connectivity index is 1.74. The van der Waals surface area contributed by atoms with Gasteiger partial charge in [0.25, 0.3) is 5.91 Å². The Morgan fingerprint density at radius 1 is 1.26 bits per heavy atom. The Bertz CT molecular complexity index is 838. The Kier molecular flexibility index (Phi) is 3.97. The third-order valence-electron chi connectivity index (χ3n) is 3.11. The van der Waals surface area contributed by atoms with Crippen LogP contribution in [0.15, 0.2) is 40.9 Å². The van der Waals surface area contributed by atoms with E-state index in [1.165, 1.54) is 6.20 Å². The third kappa shape index (κ3) is 3.48. The highest BCUT2D eigenvalue weighted by Gasteiger charge is 2.09. The molecule has 0 aliphatic rings. The second-order valence-corrected chi connectivity index (χ2v) is 5.42. The first-order chi connectivity index (χ1) is 11.0. The first-order valence-electron chi connectivity index (χ1n) is 7.32. The number of pyridine rings is 1. The van der Waals surface area contributed by atoms with Crippen molar-refractivity contribution in [1.29, 1.82) is 0 Å². The monoisotopic (exact) mass is 311 g/mol. The lowest BCUT2D eigenvalue weighted by Crippen LogP contribution is -2.13. The van der Waals surface area contributed by atoms with Crippen LogP contribution in [0.5, 0.6) is 5.88 Å². The van der Waals surface area contributed by atoms with Gasteiger partial charge in [-0.1, -0.05) is 0 Å². The number of carbonyl (C=O) groups is 1. The summed E-state index contributed by atoms with van der Waals surface area (Å²) in [4.78, 5) is 20.6. The van der Waals surface area contributed by atoms with E-state index in [1.807, 2.05) is 13.8 Å². The normalized spacial score (nSPS) is 11.0. The fourth-order valence-corrected chi connectivity index (χ4v) is 2.15. The van der Waals surface area contributed by atoms with Crippen LogP contribution in [0.2, 0.25) is 0 Å². The number of oxazole rings is 1. The van der Waals surface area contributed by atoms with Crippen molar-refractivity contribution in [3.8, 4) is 5.88 Å². The zero-order valence-corrected chi connectivity index (χ0v) is 13.2. The summed E-state index contributed by atoms with van der Waals surface area (Å²) in [5.41, 5.74) is 2.49. The Morgan fingerprint density at radius 3 is 2.78 bits per heavy atom. The first kappa shape index (κ1) is 15.0. The maximum Gasteiger partial charge on any atom is 0.257 e. The van der Waals surface area contributed by atoms with Crippen molar-refractivity contribution >= 4 is 22.7 Å². The second kappa shape index (κ2) is 6.08. The van der Waals surface area contributed by atoms with Gasteiger partial charge in [0.2, 0.25) is 5.88 Å². The smallest absolute Gasteiger partial charge is 0.257 e. The van der Waals surface area contributed by atoms with Crippen LogP contribution >= 0.6 is 0 Å². The topological polar surface area (TPSA) is 77.2 Å². The fourth-order valence-electron chi connectivity index (χ4n) is 2.15. The summed E-state index contributed by atoms with van der Waals surface area (Å²) >= 11 is 0. The van der Waals surface area contributed by atoms with Gasteiger partial charge in [-0.3, -0.25) is 4.79 Å². The Morgan fingerprint density at radius 2 is 2.09 bits per heavy atom. The van der Waals surface area contributed by atoms with Gasteiger partial charge < -0.3 is 14.5 Å². The molecule has 118 valence electrons. The standard InChI is InChI=1S/C17H17N3O3/c1-10(2)22-16-7-4-12(9-18-16)17(21)20-13-5-6-14-15(8-13)23-11(3)19-14/h4-10H,1-3H3,(H,20,21). The molecule has 6 nitrogen and oxygen atoms in total. The lowest BCUT2D eigenvalue weighted by Gasteiger charge is -2.09. The molecule has 3 rings (SSSR count). The summed E-state index contributed by atoms with van der Waals surface area (Å²) in [5, 5.41) is 2.81. The molecule has 2 heterocycles. The van der Waals surface area contributed by atoms with E-state index < -0.39 is 0 Å². The zero-order chi connectivity index (χ0) is 16.4. The van der Waals surface area contributed by atoms with Gasteiger partial charge in [-0.15, -0.1) is 0 Å². The van der Waals surface area contributed by atoms with Crippen LogP contribution in [-0.2, 0) is 0 Å². The molecule has 1 N–H and O–H groups in total. The summed E-state index contributed by atoms with van der Waals surface area (Å²) in [6, 6.07) is 8.69. The highest BCUT2D eigenvalue weighted by Crippen LogP contribution is 2.20. The number of nitrogens with zero attached hydrogens (tertiary/aromatic N) is 2. The van der Waals surface area contributed by atoms with Crippen molar-refractivity contribution in [2.75, 3.05) is 5.32 Å². The van der Waals surface area contributed by atoms with Gasteiger partial charge in [0.05, 0.1) is 11.7 Å². The maximum absolute atomic E-state index is 12.3. The quantitative estimate of drug-likeness (QED) is 0.797. The van der Waals surface area contributed by atoms with Crippen molar-refractivity contribution in [2.45, 2.75) is 26.9 Å². The molecule has 0 fully saturated rings. The van der Waals surface area contributed by atoms with E-state index >= 15 is 0 Å². The molecule has 0 aliphatic carbocycles. The lowest BCUT2D eigenvalue weighted by atomic mass is 10.2. The van der Waals surface area contributed by atoms with Crippen LogP contribution < -0.4 is 10.1 Å². The third-order valence-corrected chi connectivity index (χ3v) is 3.11. The van der Waals surface area contributed by atoms with Crippen LogP contribution in [-0.4, -0.2) is 22.0 Å². The number of ether oxygens (including phenoxy) is 1. The number of aromatic nitrogens is 2. The Labute approximate surface area is 133 Å². The molecule has 0 unspecified atom stereocenters. The average molecular weight is 311 g/mol. The SMILES string of the molecule is Cc1nc2ccc(NC(=O)c3ccc(OC(C)C)nc3)cc2o1. The highest BCUT2D eigenvalue weighted by molar-refractivity contribution is 6.04. The van der Waals surface area contributed by atoms with Crippen molar-refractivity contribution in [2.24, 2.45) is 0 Å². The minimum atomic E-state index is -0.246. The van der Waals surface area contributed by atoms with E-state index in [0.29, 0.717) is 28.6 Å². The summed E-state index contributed by atoms with van der Waals surface area (Å²) in [6.45, 7) is 5.62. The number of rotatable bonds is 4. The van der Waals surface area contributed by atoms with E-state index in [-0.39, 0.29) is 12.0 Å². The van der Waals surface area contributed by atoms with Crippen LogP contribution in [0.25, 0.3) is 11.1 Å². The molecule has 0 spiro atoms. The molecule has 6 heteroatoms. The molecular weight excluding hydrogens is 294 g/mol. The van der Waals surface area contributed by atoms with Crippen molar-refractivity contribution in [3.05, 3.63) is 48.0 Å². The summed E-state index contributed by atoms with van der Waals surface area (Å²) in [5.74, 6) is 0.840. The van der Waals surface area contributed by atoms with Crippen LogP contribution in [0, 0.1) is 6.92 Å². The molecule has 1 aromatic carbocycles. The average Bonchev–Trinajstić information content (AvgIpc) is 2.86. The maximum atomic E-state index is 12.3. The van der Waals surface area contributed by atoms with Gasteiger partial charge in [-0.2, -0.15) is 0 Å². The number of hydrogen-bond acceptors (Lipinski definition) is 5. The number of carbonyl (C=O) groups excluding carboxylic acids is 1. The molecule has 23 heavy (non-hydrogen) atoms. The molecule has 0 saturated carbocycles. The van der Waals surface area contributed by atoms with E-state index in [9.17, 15) is 4.79 Å². The van der Waals surface area contributed by atoms with Gasteiger partial charge in [0.15, 0.2) is 11.5 Å². The van der Waals surface area contributed by atoms with Gasteiger partial charge in [-0.25, -0.2) is 9.97 Å². The Hall–Kier alpha value is -2.89. The lowest BCUT2D eigenvalue weighted by molar-refractivity contribution is 0.102. The van der Waals surface area contributed by atoms with Crippen LogP contribution in [0.3, 0.4) is 0 Å². The summed E-state index contributed by atoms with van der Waals surface area (Å²) < 4.78 is 10.9. The fraction of sp³-hybridized carbons (Fsp3) is 0.235. The minimum Gasteiger partial charge on any atom is -0.475 e. The first-order valence-corrected chi connectivity index (χ1v) is 7.32. The zero-order valence-electron chi connectivity index (χ0n) is 13.2. The molecule has 0 radical (unpaired) electrons. The van der Waals surface area contributed by atoms with Gasteiger partial charge in [0, 0.05) is 30.9 Å². The molecule has 0 aliphatic heterocycles. The predicted molar refractivity (Wildman–Crippen MR) is 86.7 cm³/mol. The summed E-state index contributed by atoms with van der Waals surface area (Å²) in [6.07, 6.45) is 1.53. The highest BCUT2D eigenvalue weighted by atomic mass is 16.5. The van der Waals surface area contributed by atoms with Crippen molar-refractivity contribution in [3.63, 3.8) is 0 Å².